The summed E-state index contributed by atoms with van der Waals surface area (Å²) >= 11 is 0. The summed E-state index contributed by atoms with van der Waals surface area (Å²) in [6, 6.07) is 9.53. The number of carbonyl (C=O) groups is 1. The van der Waals surface area contributed by atoms with E-state index in [1.165, 1.54) is 30.3 Å². The molecule has 0 heterocycles. The van der Waals surface area contributed by atoms with Gasteiger partial charge in [0.25, 0.3) is 11.6 Å². The highest BCUT2D eigenvalue weighted by molar-refractivity contribution is 6.04. The van der Waals surface area contributed by atoms with Crippen LogP contribution in [0.4, 0.5) is 15.8 Å². The van der Waals surface area contributed by atoms with Crippen LogP contribution in [0, 0.1) is 22.9 Å². The van der Waals surface area contributed by atoms with Gasteiger partial charge in [-0.05, 0) is 36.8 Å². The number of rotatable bonds is 3. The number of nitrogens with one attached hydrogen (secondary N) is 1. The summed E-state index contributed by atoms with van der Waals surface area (Å²) in [6.07, 6.45) is 0. The van der Waals surface area contributed by atoms with Crippen LogP contribution in [-0.4, -0.2) is 10.8 Å². The van der Waals surface area contributed by atoms with Gasteiger partial charge in [-0.15, -0.1) is 0 Å². The van der Waals surface area contributed by atoms with Crippen LogP contribution in [0.2, 0.25) is 0 Å². The summed E-state index contributed by atoms with van der Waals surface area (Å²) in [6.45, 7) is 1.62. The van der Waals surface area contributed by atoms with Gasteiger partial charge in [-0.3, -0.25) is 14.9 Å². The molecule has 6 heteroatoms. The highest BCUT2D eigenvalue weighted by Crippen LogP contribution is 2.16. The van der Waals surface area contributed by atoms with Crippen LogP contribution < -0.4 is 5.32 Å². The van der Waals surface area contributed by atoms with Crippen molar-refractivity contribution in [1.82, 2.24) is 0 Å². The highest BCUT2D eigenvalue weighted by atomic mass is 19.1. The van der Waals surface area contributed by atoms with Gasteiger partial charge in [-0.2, -0.15) is 0 Å². The smallest absolute Gasteiger partial charge is 0.269 e. The number of amides is 1. The number of nitro groups is 1. The topological polar surface area (TPSA) is 72.2 Å². The number of carbonyl (C=O) groups excluding carboxylic acids is 1. The third kappa shape index (κ3) is 2.97. The number of non-ortho nitro benzene ring substituents is 1. The van der Waals surface area contributed by atoms with Gasteiger partial charge in [-0.25, -0.2) is 4.39 Å². The molecule has 2 aromatic rings. The first-order valence-corrected chi connectivity index (χ1v) is 5.79. The summed E-state index contributed by atoms with van der Waals surface area (Å²) in [5.74, 6) is -0.866. The first-order chi connectivity index (χ1) is 9.47. The number of hydrogen-bond donors (Lipinski definition) is 1. The Morgan fingerprint density at radius 3 is 2.40 bits per heavy atom. The third-order valence-corrected chi connectivity index (χ3v) is 2.77. The second kappa shape index (κ2) is 5.48. The Balaban J connectivity index is 2.15. The summed E-state index contributed by atoms with van der Waals surface area (Å²) in [5, 5.41) is 13.0. The number of nitrogens with zero attached hydrogens (tertiary/aromatic N) is 1. The van der Waals surface area contributed by atoms with E-state index in [1.807, 2.05) is 0 Å². The summed E-state index contributed by atoms with van der Waals surface area (Å²) < 4.78 is 13.3. The van der Waals surface area contributed by atoms with E-state index in [9.17, 15) is 19.3 Å². The van der Waals surface area contributed by atoms with E-state index in [2.05, 4.69) is 5.32 Å². The molecule has 0 radical (unpaired) electrons. The largest absolute Gasteiger partial charge is 0.322 e. The molecule has 2 rings (SSSR count). The summed E-state index contributed by atoms with van der Waals surface area (Å²) in [4.78, 5) is 21.8. The van der Waals surface area contributed by atoms with Crippen molar-refractivity contribution in [2.75, 3.05) is 5.32 Å². The Labute approximate surface area is 114 Å². The van der Waals surface area contributed by atoms with E-state index in [4.69, 9.17) is 0 Å². The molecule has 0 aliphatic heterocycles. The van der Waals surface area contributed by atoms with Gasteiger partial charge in [0.05, 0.1) is 4.92 Å². The van der Waals surface area contributed by atoms with Crippen LogP contribution in [0.3, 0.4) is 0 Å². The van der Waals surface area contributed by atoms with Gasteiger partial charge in [-0.1, -0.05) is 6.07 Å². The fourth-order valence-corrected chi connectivity index (χ4v) is 1.61. The van der Waals surface area contributed by atoms with Crippen molar-refractivity contribution < 1.29 is 14.1 Å². The first-order valence-electron chi connectivity index (χ1n) is 5.79. The van der Waals surface area contributed by atoms with Gasteiger partial charge in [0.15, 0.2) is 0 Å². The van der Waals surface area contributed by atoms with Gasteiger partial charge in [0.1, 0.15) is 5.82 Å². The van der Waals surface area contributed by atoms with Crippen molar-refractivity contribution in [2.24, 2.45) is 0 Å². The molecule has 20 heavy (non-hydrogen) atoms. The Bertz CT molecular complexity index is 669. The van der Waals surface area contributed by atoms with Crippen LogP contribution >= 0.6 is 0 Å². The molecule has 0 fully saturated rings. The highest BCUT2D eigenvalue weighted by Gasteiger charge is 2.10. The first kappa shape index (κ1) is 13.7. The number of hydrogen-bond acceptors (Lipinski definition) is 3. The maximum absolute atomic E-state index is 13.3. The zero-order valence-corrected chi connectivity index (χ0v) is 10.6. The minimum atomic E-state index is -0.545. The number of benzene rings is 2. The molecule has 0 saturated carbocycles. The van der Waals surface area contributed by atoms with Crippen LogP contribution in [0.1, 0.15) is 15.9 Å². The average molecular weight is 274 g/mol. The molecule has 1 N–H and O–H groups in total. The molecular formula is C14H11FN2O3. The molecule has 0 spiro atoms. The predicted octanol–water partition coefficient (Wildman–Crippen LogP) is 3.29. The minimum Gasteiger partial charge on any atom is -0.322 e. The number of aryl methyl sites for hydroxylation is 1. The molecular weight excluding hydrogens is 263 g/mol. The van der Waals surface area contributed by atoms with Gasteiger partial charge >= 0.3 is 0 Å². The average Bonchev–Trinajstić information content (AvgIpc) is 2.43. The Morgan fingerprint density at radius 1 is 1.20 bits per heavy atom. The van der Waals surface area contributed by atoms with E-state index in [0.717, 1.165) is 0 Å². The zero-order chi connectivity index (χ0) is 14.7. The second-order valence-electron chi connectivity index (χ2n) is 4.22. The lowest BCUT2D eigenvalue weighted by molar-refractivity contribution is -0.384. The molecule has 102 valence electrons. The normalized spacial score (nSPS) is 10.1. The molecule has 2 aromatic carbocycles. The van der Waals surface area contributed by atoms with Gasteiger partial charge < -0.3 is 5.32 Å². The monoisotopic (exact) mass is 274 g/mol. The SMILES string of the molecule is Cc1ccc(NC(=O)c2ccc([N+](=O)[O-])cc2)cc1F. The molecule has 0 saturated heterocycles. The van der Waals surface area contributed by atoms with E-state index < -0.39 is 16.6 Å². The third-order valence-electron chi connectivity index (χ3n) is 2.77. The number of anilines is 1. The van der Waals surface area contributed by atoms with Crippen molar-refractivity contribution in [3.05, 3.63) is 69.5 Å². The van der Waals surface area contributed by atoms with Crippen LogP contribution in [0.5, 0.6) is 0 Å². The maximum atomic E-state index is 13.3. The van der Waals surface area contributed by atoms with Crippen LogP contribution in [-0.2, 0) is 0 Å². The Morgan fingerprint density at radius 2 is 1.85 bits per heavy atom. The summed E-state index contributed by atoms with van der Waals surface area (Å²) in [5.41, 5.74) is 0.981. The van der Waals surface area contributed by atoms with E-state index in [-0.39, 0.29) is 11.3 Å². The second-order valence-corrected chi connectivity index (χ2v) is 4.22. The van der Waals surface area contributed by atoms with Crippen molar-refractivity contribution in [2.45, 2.75) is 6.92 Å². The molecule has 0 bridgehead atoms. The van der Waals surface area contributed by atoms with Gasteiger partial charge in [0, 0.05) is 23.4 Å². The zero-order valence-electron chi connectivity index (χ0n) is 10.6. The molecule has 0 aliphatic carbocycles. The molecule has 5 nitrogen and oxygen atoms in total. The van der Waals surface area contributed by atoms with E-state index >= 15 is 0 Å². The van der Waals surface area contributed by atoms with Crippen molar-refractivity contribution in [3.63, 3.8) is 0 Å². The predicted molar refractivity (Wildman–Crippen MR) is 72.2 cm³/mol. The molecule has 1 amide bonds. The van der Waals surface area contributed by atoms with E-state index in [1.54, 1.807) is 19.1 Å². The standard InChI is InChI=1S/C14H11FN2O3/c1-9-2-5-11(8-13(9)15)16-14(18)10-3-6-12(7-4-10)17(19)20/h2-8H,1H3,(H,16,18). The van der Waals surface area contributed by atoms with Crippen molar-refractivity contribution >= 4 is 17.3 Å². The maximum Gasteiger partial charge on any atom is 0.269 e. The Kier molecular flexibility index (Phi) is 3.74. The molecule has 0 unspecified atom stereocenters. The van der Waals surface area contributed by atoms with Crippen LogP contribution in [0.25, 0.3) is 0 Å². The fraction of sp³-hybridized carbons (Fsp3) is 0.0714. The quantitative estimate of drug-likeness (QED) is 0.689. The lowest BCUT2D eigenvalue weighted by Gasteiger charge is -2.06. The molecule has 0 aliphatic rings. The van der Waals surface area contributed by atoms with E-state index in [0.29, 0.717) is 11.3 Å². The van der Waals surface area contributed by atoms with Crippen LogP contribution in [0.15, 0.2) is 42.5 Å². The van der Waals surface area contributed by atoms with Crippen molar-refractivity contribution in [3.8, 4) is 0 Å². The van der Waals surface area contributed by atoms with Gasteiger partial charge in [0.2, 0.25) is 0 Å². The molecule has 0 aromatic heterocycles. The minimum absolute atomic E-state index is 0.0945. The van der Waals surface area contributed by atoms with Crippen molar-refractivity contribution in [1.29, 1.82) is 0 Å². The number of nitro benzene ring substituents is 1. The fourth-order valence-electron chi connectivity index (χ4n) is 1.61. The lowest BCUT2D eigenvalue weighted by Crippen LogP contribution is -2.12. The Hall–Kier alpha value is -2.76. The lowest BCUT2D eigenvalue weighted by atomic mass is 10.1. The summed E-state index contributed by atoms with van der Waals surface area (Å²) in [7, 11) is 0. The molecule has 0 atom stereocenters. The number of halogens is 1.